The van der Waals surface area contributed by atoms with Gasteiger partial charge in [0.15, 0.2) is 0 Å². The first-order valence-corrected chi connectivity index (χ1v) is 3.33. The number of hydrogen-bond donors (Lipinski definition) is 1. The van der Waals surface area contributed by atoms with E-state index in [9.17, 15) is 0 Å². The Hall–Kier alpha value is -1.57. The standard InChI is InChI=1S/C9H6NO/c11-9-6-5-7-3-1-2-4-8(7)10-9/h1-2,4-6H,(H,10,11). The van der Waals surface area contributed by atoms with Crippen LogP contribution in [-0.4, -0.2) is 10.1 Å². The summed E-state index contributed by atoms with van der Waals surface area (Å²) in [4.78, 5) is 3.90. The Labute approximate surface area is 64.1 Å². The molecule has 0 bridgehead atoms. The normalized spacial score (nSPS) is 10.2. The van der Waals surface area contributed by atoms with Crippen LogP contribution in [0.25, 0.3) is 10.9 Å². The van der Waals surface area contributed by atoms with Gasteiger partial charge < -0.3 is 5.11 Å². The van der Waals surface area contributed by atoms with Crippen molar-refractivity contribution in [3.63, 3.8) is 0 Å². The Morgan fingerprint density at radius 2 is 2.18 bits per heavy atom. The van der Waals surface area contributed by atoms with Gasteiger partial charge in [0.1, 0.15) is 0 Å². The quantitative estimate of drug-likeness (QED) is 0.611. The number of rotatable bonds is 0. The van der Waals surface area contributed by atoms with E-state index in [1.54, 1.807) is 12.1 Å². The number of hydrogen-bond acceptors (Lipinski definition) is 2. The van der Waals surface area contributed by atoms with E-state index in [4.69, 9.17) is 5.11 Å². The van der Waals surface area contributed by atoms with Crippen LogP contribution in [0.2, 0.25) is 0 Å². The number of pyridine rings is 1. The topological polar surface area (TPSA) is 33.1 Å². The van der Waals surface area contributed by atoms with Crippen LogP contribution >= 0.6 is 0 Å². The molecular weight excluding hydrogens is 138 g/mol. The summed E-state index contributed by atoms with van der Waals surface area (Å²) in [6.07, 6.45) is 0. The van der Waals surface area contributed by atoms with E-state index < -0.39 is 0 Å². The average Bonchev–Trinajstić information content (AvgIpc) is 2.04. The molecule has 0 unspecified atom stereocenters. The monoisotopic (exact) mass is 144 g/mol. The van der Waals surface area contributed by atoms with Crippen molar-refractivity contribution in [1.29, 1.82) is 0 Å². The van der Waals surface area contributed by atoms with E-state index in [0.717, 1.165) is 10.9 Å². The first kappa shape index (κ1) is 6.16. The van der Waals surface area contributed by atoms with Crippen LogP contribution in [0.3, 0.4) is 0 Å². The molecule has 0 atom stereocenters. The molecule has 0 aliphatic carbocycles. The summed E-state index contributed by atoms with van der Waals surface area (Å²) in [5.41, 5.74) is 0.771. The molecule has 0 saturated heterocycles. The first-order valence-electron chi connectivity index (χ1n) is 3.33. The SMILES string of the molecule is Oc1ccc2[c]cccc2n1. The van der Waals surface area contributed by atoms with Crippen LogP contribution < -0.4 is 0 Å². The molecule has 0 aliphatic rings. The summed E-state index contributed by atoms with van der Waals surface area (Å²) in [7, 11) is 0. The molecule has 2 heteroatoms. The molecule has 0 aliphatic heterocycles. The fraction of sp³-hybridized carbons (Fsp3) is 0. The summed E-state index contributed by atoms with van der Waals surface area (Å²) in [6.45, 7) is 0. The number of benzene rings is 1. The van der Waals surface area contributed by atoms with Gasteiger partial charge in [0.05, 0.1) is 5.52 Å². The number of aromatic hydroxyl groups is 1. The highest BCUT2D eigenvalue weighted by molar-refractivity contribution is 5.78. The van der Waals surface area contributed by atoms with E-state index >= 15 is 0 Å². The first-order chi connectivity index (χ1) is 5.36. The maximum Gasteiger partial charge on any atom is 0.211 e. The summed E-state index contributed by atoms with van der Waals surface area (Å²) in [5.74, 6) is 0.0529. The predicted molar refractivity (Wildman–Crippen MR) is 42.2 cm³/mol. The lowest BCUT2D eigenvalue weighted by molar-refractivity contribution is 0.456. The van der Waals surface area contributed by atoms with Crippen LogP contribution in [-0.2, 0) is 0 Å². The third kappa shape index (κ3) is 1.03. The molecule has 1 N–H and O–H groups in total. The van der Waals surface area contributed by atoms with Crippen LogP contribution in [0.1, 0.15) is 0 Å². The van der Waals surface area contributed by atoms with E-state index in [1.165, 1.54) is 0 Å². The van der Waals surface area contributed by atoms with E-state index in [1.807, 2.05) is 18.2 Å². The van der Waals surface area contributed by atoms with Crippen LogP contribution in [0.4, 0.5) is 0 Å². The van der Waals surface area contributed by atoms with Gasteiger partial charge in [-0.05, 0) is 18.2 Å². The van der Waals surface area contributed by atoms with Crippen molar-refractivity contribution < 1.29 is 5.11 Å². The minimum atomic E-state index is 0.0529. The zero-order valence-corrected chi connectivity index (χ0v) is 5.78. The highest BCUT2D eigenvalue weighted by Gasteiger charge is 1.93. The minimum absolute atomic E-state index is 0.0529. The number of nitrogens with zero attached hydrogens (tertiary/aromatic N) is 1. The van der Waals surface area contributed by atoms with Gasteiger partial charge >= 0.3 is 0 Å². The van der Waals surface area contributed by atoms with E-state index in [-0.39, 0.29) is 5.88 Å². The fourth-order valence-corrected chi connectivity index (χ4v) is 0.990. The Kier molecular flexibility index (Phi) is 1.25. The van der Waals surface area contributed by atoms with Crippen molar-refractivity contribution in [3.8, 4) is 5.88 Å². The van der Waals surface area contributed by atoms with Gasteiger partial charge in [-0.3, -0.25) is 0 Å². The lowest BCUT2D eigenvalue weighted by Gasteiger charge is -1.94. The molecule has 0 saturated carbocycles. The third-order valence-electron chi connectivity index (χ3n) is 1.50. The van der Waals surface area contributed by atoms with Crippen LogP contribution in [0.15, 0.2) is 30.3 Å². The average molecular weight is 144 g/mol. The Morgan fingerprint density at radius 1 is 1.27 bits per heavy atom. The highest BCUT2D eigenvalue weighted by Crippen LogP contribution is 2.13. The van der Waals surface area contributed by atoms with Crippen LogP contribution in [0, 0.1) is 6.07 Å². The van der Waals surface area contributed by atoms with Crippen LogP contribution in [0.5, 0.6) is 5.88 Å². The largest absolute Gasteiger partial charge is 0.493 e. The fourth-order valence-electron chi connectivity index (χ4n) is 0.990. The molecule has 0 fully saturated rings. The zero-order valence-electron chi connectivity index (χ0n) is 5.78. The molecule has 2 aromatic rings. The second kappa shape index (κ2) is 2.23. The summed E-state index contributed by atoms with van der Waals surface area (Å²) < 4.78 is 0. The molecule has 11 heavy (non-hydrogen) atoms. The van der Waals surface area contributed by atoms with Gasteiger partial charge in [-0.2, -0.15) is 0 Å². The van der Waals surface area contributed by atoms with Crippen molar-refractivity contribution in [2.75, 3.05) is 0 Å². The molecule has 1 aromatic heterocycles. The zero-order chi connectivity index (χ0) is 7.68. The summed E-state index contributed by atoms with van der Waals surface area (Å²) in [5, 5.41) is 9.93. The molecule has 2 nitrogen and oxygen atoms in total. The molecule has 1 heterocycles. The van der Waals surface area contributed by atoms with E-state index in [0.29, 0.717) is 0 Å². The van der Waals surface area contributed by atoms with Gasteiger partial charge in [0, 0.05) is 11.5 Å². The van der Waals surface area contributed by atoms with E-state index in [2.05, 4.69) is 11.1 Å². The Bertz CT molecular complexity index is 384. The van der Waals surface area contributed by atoms with Gasteiger partial charge in [0.25, 0.3) is 0 Å². The lowest BCUT2D eigenvalue weighted by Crippen LogP contribution is -1.76. The number of fused-ring (bicyclic) bond motifs is 1. The second-order valence-electron chi connectivity index (χ2n) is 2.27. The number of aromatic nitrogens is 1. The molecule has 53 valence electrons. The highest BCUT2D eigenvalue weighted by atomic mass is 16.3. The van der Waals surface area contributed by atoms with Crippen molar-refractivity contribution in [3.05, 3.63) is 36.4 Å². The maximum atomic E-state index is 9.01. The van der Waals surface area contributed by atoms with Crippen molar-refractivity contribution in [1.82, 2.24) is 4.98 Å². The molecule has 1 aromatic carbocycles. The molecule has 0 amide bonds. The van der Waals surface area contributed by atoms with Crippen molar-refractivity contribution >= 4 is 10.9 Å². The Morgan fingerprint density at radius 3 is 3.09 bits per heavy atom. The van der Waals surface area contributed by atoms with Crippen molar-refractivity contribution in [2.45, 2.75) is 0 Å². The molecule has 0 spiro atoms. The maximum absolute atomic E-state index is 9.01. The third-order valence-corrected chi connectivity index (χ3v) is 1.50. The molecule has 2 rings (SSSR count). The Balaban J connectivity index is 2.83. The summed E-state index contributed by atoms with van der Waals surface area (Å²) >= 11 is 0. The molecular formula is C9H6NO. The van der Waals surface area contributed by atoms with Gasteiger partial charge in [-0.1, -0.05) is 12.1 Å². The molecule has 1 radical (unpaired) electrons. The lowest BCUT2D eigenvalue weighted by atomic mass is 10.2. The summed E-state index contributed by atoms with van der Waals surface area (Å²) in [6, 6.07) is 11.8. The minimum Gasteiger partial charge on any atom is -0.493 e. The predicted octanol–water partition coefficient (Wildman–Crippen LogP) is 1.74. The second-order valence-corrected chi connectivity index (χ2v) is 2.27. The smallest absolute Gasteiger partial charge is 0.211 e. The van der Waals surface area contributed by atoms with Gasteiger partial charge in [0.2, 0.25) is 5.88 Å². The van der Waals surface area contributed by atoms with Gasteiger partial charge in [-0.15, -0.1) is 0 Å². The van der Waals surface area contributed by atoms with Crippen molar-refractivity contribution in [2.24, 2.45) is 0 Å². The van der Waals surface area contributed by atoms with Gasteiger partial charge in [-0.25, -0.2) is 4.98 Å².